The Balaban J connectivity index is 1.55. The van der Waals surface area contributed by atoms with E-state index in [4.69, 9.17) is 4.74 Å². The number of ether oxygens (including phenoxy) is 1. The smallest absolute Gasteiger partial charge is 0.0599 e. The van der Waals surface area contributed by atoms with Crippen molar-refractivity contribution < 1.29 is 4.74 Å². The Morgan fingerprint density at radius 1 is 1.32 bits per heavy atom. The molecule has 1 fully saturated rings. The van der Waals surface area contributed by atoms with Gasteiger partial charge in [0.05, 0.1) is 6.10 Å². The number of piperidine rings is 1. The highest BCUT2D eigenvalue weighted by molar-refractivity contribution is 5.56. The van der Waals surface area contributed by atoms with Crippen LogP contribution >= 0.6 is 0 Å². The van der Waals surface area contributed by atoms with E-state index >= 15 is 0 Å². The average molecular weight is 260 g/mol. The molecule has 0 spiro atoms. The molecule has 3 rings (SSSR count). The third-order valence-electron chi connectivity index (χ3n) is 4.22. The van der Waals surface area contributed by atoms with E-state index < -0.39 is 0 Å². The number of hydrogen-bond donors (Lipinski definition) is 1. The monoisotopic (exact) mass is 260 g/mol. The van der Waals surface area contributed by atoms with Crippen LogP contribution in [0.25, 0.3) is 0 Å². The van der Waals surface area contributed by atoms with Gasteiger partial charge in [-0.2, -0.15) is 0 Å². The van der Waals surface area contributed by atoms with Crippen molar-refractivity contribution in [2.75, 3.05) is 31.6 Å². The van der Waals surface area contributed by atoms with Gasteiger partial charge >= 0.3 is 0 Å². The molecule has 0 aliphatic carbocycles. The maximum absolute atomic E-state index is 5.71. The summed E-state index contributed by atoms with van der Waals surface area (Å²) >= 11 is 0. The quantitative estimate of drug-likeness (QED) is 0.900. The van der Waals surface area contributed by atoms with E-state index in [1.54, 1.807) is 0 Å². The molecule has 3 heteroatoms. The van der Waals surface area contributed by atoms with Gasteiger partial charge < -0.3 is 10.1 Å². The molecule has 1 N–H and O–H groups in total. The fourth-order valence-corrected chi connectivity index (χ4v) is 3.18. The number of rotatable bonds is 4. The molecule has 1 aromatic rings. The minimum absolute atomic E-state index is 0.491. The van der Waals surface area contributed by atoms with Crippen LogP contribution in [0.1, 0.15) is 30.9 Å². The Morgan fingerprint density at radius 3 is 2.95 bits per heavy atom. The Morgan fingerprint density at radius 2 is 2.16 bits per heavy atom. The van der Waals surface area contributed by atoms with Gasteiger partial charge in [-0.15, -0.1) is 0 Å². The zero-order valence-corrected chi connectivity index (χ0v) is 11.8. The molecule has 2 aliphatic heterocycles. The summed E-state index contributed by atoms with van der Waals surface area (Å²) in [6.07, 6.45) is 4.03. The fourth-order valence-electron chi connectivity index (χ4n) is 3.18. The number of likely N-dealkylation sites (tertiary alicyclic amines) is 1. The van der Waals surface area contributed by atoms with Crippen LogP contribution in [0, 0.1) is 0 Å². The molecule has 0 aromatic heterocycles. The van der Waals surface area contributed by atoms with Gasteiger partial charge in [0, 0.05) is 38.5 Å². The first-order chi connectivity index (χ1) is 9.35. The summed E-state index contributed by atoms with van der Waals surface area (Å²) in [5.74, 6) is 0. The van der Waals surface area contributed by atoms with Gasteiger partial charge in [0.15, 0.2) is 0 Å². The zero-order chi connectivity index (χ0) is 13.1. The van der Waals surface area contributed by atoms with Crippen molar-refractivity contribution in [1.29, 1.82) is 0 Å². The Bertz CT molecular complexity index is 425. The molecule has 0 atom stereocenters. The highest BCUT2D eigenvalue weighted by Gasteiger charge is 2.19. The van der Waals surface area contributed by atoms with E-state index in [2.05, 4.69) is 35.3 Å². The summed E-state index contributed by atoms with van der Waals surface area (Å²) in [6, 6.07) is 6.89. The second-order valence-corrected chi connectivity index (χ2v) is 5.60. The van der Waals surface area contributed by atoms with Gasteiger partial charge in [-0.1, -0.05) is 12.1 Å². The molecule has 104 valence electrons. The Kier molecular flexibility index (Phi) is 4.04. The molecule has 1 aromatic carbocycles. The van der Waals surface area contributed by atoms with Gasteiger partial charge in [0.1, 0.15) is 0 Å². The van der Waals surface area contributed by atoms with Crippen molar-refractivity contribution in [3.05, 3.63) is 29.3 Å². The molecule has 1 saturated heterocycles. The van der Waals surface area contributed by atoms with Crippen molar-refractivity contribution in [3.63, 3.8) is 0 Å². The number of hydrogen-bond acceptors (Lipinski definition) is 3. The molecule has 2 aliphatic rings. The van der Waals surface area contributed by atoms with E-state index in [0.717, 1.165) is 19.7 Å². The predicted octanol–water partition coefficient (Wildman–Crippen LogP) is 2.66. The zero-order valence-electron chi connectivity index (χ0n) is 11.8. The molecule has 0 amide bonds. The summed E-state index contributed by atoms with van der Waals surface area (Å²) in [6.45, 7) is 7.46. The summed E-state index contributed by atoms with van der Waals surface area (Å²) in [5, 5.41) is 3.42. The van der Waals surface area contributed by atoms with Gasteiger partial charge in [-0.25, -0.2) is 0 Å². The third-order valence-corrected chi connectivity index (χ3v) is 4.22. The number of nitrogens with one attached hydrogen (secondary N) is 1. The topological polar surface area (TPSA) is 24.5 Å². The molecule has 19 heavy (non-hydrogen) atoms. The highest BCUT2D eigenvalue weighted by Crippen LogP contribution is 2.24. The van der Waals surface area contributed by atoms with Crippen LogP contribution < -0.4 is 5.32 Å². The highest BCUT2D eigenvalue weighted by atomic mass is 16.5. The molecule has 2 heterocycles. The first-order valence-electron chi connectivity index (χ1n) is 7.55. The summed E-state index contributed by atoms with van der Waals surface area (Å²) in [4.78, 5) is 2.56. The van der Waals surface area contributed by atoms with E-state index in [9.17, 15) is 0 Å². The Labute approximate surface area is 115 Å². The van der Waals surface area contributed by atoms with Gasteiger partial charge in [0.2, 0.25) is 0 Å². The maximum atomic E-state index is 5.71. The lowest BCUT2D eigenvalue weighted by Gasteiger charge is -2.31. The first-order valence-corrected chi connectivity index (χ1v) is 7.55. The normalized spacial score (nSPS) is 20.3. The van der Waals surface area contributed by atoms with E-state index in [0.29, 0.717) is 6.10 Å². The molecule has 0 saturated carbocycles. The standard InChI is InChI=1S/C16H24N2O/c1-2-19-15-6-9-18(10-7-15)12-13-3-4-16-14(11-13)5-8-17-16/h3-4,11,15,17H,2,5-10,12H2,1H3. The minimum Gasteiger partial charge on any atom is -0.384 e. The van der Waals surface area contributed by atoms with Crippen molar-refractivity contribution in [2.45, 2.75) is 38.8 Å². The summed E-state index contributed by atoms with van der Waals surface area (Å²) < 4.78 is 5.71. The number of nitrogens with zero attached hydrogens (tertiary/aromatic N) is 1. The third kappa shape index (κ3) is 3.10. The lowest BCUT2D eigenvalue weighted by molar-refractivity contribution is 0.0125. The largest absolute Gasteiger partial charge is 0.384 e. The fraction of sp³-hybridized carbons (Fsp3) is 0.625. The molecular weight excluding hydrogens is 236 g/mol. The van der Waals surface area contributed by atoms with Crippen LogP contribution in [0.3, 0.4) is 0 Å². The Hall–Kier alpha value is -1.06. The number of fused-ring (bicyclic) bond motifs is 1. The van der Waals surface area contributed by atoms with Crippen LogP contribution in [0.2, 0.25) is 0 Å². The second-order valence-electron chi connectivity index (χ2n) is 5.60. The summed E-state index contributed by atoms with van der Waals surface area (Å²) in [7, 11) is 0. The van der Waals surface area contributed by atoms with Gasteiger partial charge in [0.25, 0.3) is 0 Å². The van der Waals surface area contributed by atoms with Crippen LogP contribution in [-0.4, -0.2) is 37.2 Å². The SMILES string of the molecule is CCOC1CCN(Cc2ccc3c(c2)CCN3)CC1. The van der Waals surface area contributed by atoms with E-state index in [1.165, 1.54) is 49.2 Å². The van der Waals surface area contributed by atoms with Crippen molar-refractivity contribution in [1.82, 2.24) is 4.90 Å². The molecule has 0 radical (unpaired) electrons. The first kappa shape index (κ1) is 12.9. The second kappa shape index (κ2) is 5.93. The lowest BCUT2D eigenvalue weighted by Crippen LogP contribution is -2.36. The average Bonchev–Trinajstić information content (AvgIpc) is 2.89. The van der Waals surface area contributed by atoms with Crippen molar-refractivity contribution >= 4 is 5.69 Å². The van der Waals surface area contributed by atoms with Crippen molar-refractivity contribution in [3.8, 4) is 0 Å². The van der Waals surface area contributed by atoms with Crippen molar-refractivity contribution in [2.24, 2.45) is 0 Å². The van der Waals surface area contributed by atoms with Gasteiger partial charge in [-0.3, -0.25) is 4.90 Å². The van der Waals surface area contributed by atoms with E-state index in [-0.39, 0.29) is 0 Å². The van der Waals surface area contributed by atoms with Crippen LogP contribution in [-0.2, 0) is 17.7 Å². The van der Waals surface area contributed by atoms with Gasteiger partial charge in [-0.05, 0) is 43.4 Å². The molecule has 3 nitrogen and oxygen atoms in total. The number of anilines is 1. The maximum Gasteiger partial charge on any atom is 0.0599 e. The summed E-state index contributed by atoms with van der Waals surface area (Å²) in [5.41, 5.74) is 4.28. The lowest BCUT2D eigenvalue weighted by atomic mass is 10.0. The molecule has 0 bridgehead atoms. The van der Waals surface area contributed by atoms with Crippen LogP contribution in [0.15, 0.2) is 18.2 Å². The number of benzene rings is 1. The molecule has 0 unspecified atom stereocenters. The molecular formula is C16H24N2O. The predicted molar refractivity (Wildman–Crippen MR) is 78.6 cm³/mol. The minimum atomic E-state index is 0.491. The van der Waals surface area contributed by atoms with Crippen LogP contribution in [0.5, 0.6) is 0 Å². The van der Waals surface area contributed by atoms with E-state index in [1.807, 2.05) is 0 Å². The van der Waals surface area contributed by atoms with Crippen LogP contribution in [0.4, 0.5) is 5.69 Å².